The zero-order chi connectivity index (χ0) is 37.8. The van der Waals surface area contributed by atoms with Crippen LogP contribution in [0.5, 0.6) is 0 Å². The lowest BCUT2D eigenvalue weighted by atomic mass is 9.47. The second-order valence-electron chi connectivity index (χ2n) is 19.0. The number of carbonyl (C=O) groups excluding carboxylic acids is 3. The Morgan fingerprint density at radius 3 is 2.10 bits per heavy atom. The van der Waals surface area contributed by atoms with E-state index in [0.29, 0.717) is 5.41 Å². The molecule has 0 spiro atoms. The molecule has 4 aliphatic rings. The standard InChI is InChI=1S/C41H70N4O6.ClH/c1-26(2)13-12-14-27(3)31-17-18-32-30-16-15-28-25-29(19-21-40(28,10)33(30)20-22-41(31,32)11)49-35(46)43-24-23-42-34(44-36(47)50-38(4,5)6)45-37(48)51-39(7,8)9;/h15,26-27,29-33H,12-14,16-25H2,1-11H3,(H,43,46)(H2,42,44,45,47,48);1H/t27-,29+,30+,31-,32+,33+,40+,41-;/m1./s1. The van der Waals surface area contributed by atoms with Crippen molar-refractivity contribution in [2.75, 3.05) is 13.1 Å². The van der Waals surface area contributed by atoms with Crippen LogP contribution in [0.2, 0.25) is 0 Å². The van der Waals surface area contributed by atoms with Crippen molar-refractivity contribution in [3.8, 4) is 0 Å². The summed E-state index contributed by atoms with van der Waals surface area (Å²) in [6.45, 7) is 23.0. The molecule has 3 saturated carbocycles. The van der Waals surface area contributed by atoms with E-state index < -0.39 is 29.5 Å². The first-order valence-electron chi connectivity index (χ1n) is 19.9. The zero-order valence-electron chi connectivity index (χ0n) is 34.1. The fourth-order valence-corrected chi connectivity index (χ4v) is 10.2. The molecule has 0 heterocycles. The fourth-order valence-electron chi connectivity index (χ4n) is 10.2. The number of nitrogens with one attached hydrogen (secondary N) is 3. The number of amides is 3. The average molecular weight is 751 g/mol. The van der Waals surface area contributed by atoms with E-state index in [9.17, 15) is 14.4 Å². The van der Waals surface area contributed by atoms with Crippen molar-refractivity contribution in [3.05, 3.63) is 11.6 Å². The van der Waals surface area contributed by atoms with Gasteiger partial charge in [0.25, 0.3) is 0 Å². The highest BCUT2D eigenvalue weighted by Crippen LogP contribution is 2.67. The third-order valence-corrected chi connectivity index (χ3v) is 12.4. The number of nitrogens with zero attached hydrogens (tertiary/aromatic N) is 1. The molecule has 3 fully saturated rings. The number of ether oxygens (including phenoxy) is 3. The predicted octanol–water partition coefficient (Wildman–Crippen LogP) is 9.95. The van der Waals surface area contributed by atoms with Crippen LogP contribution >= 0.6 is 12.4 Å². The maximum Gasteiger partial charge on any atom is 0.414 e. The van der Waals surface area contributed by atoms with Crippen LogP contribution in [0.4, 0.5) is 14.4 Å². The van der Waals surface area contributed by atoms with E-state index in [1.54, 1.807) is 41.5 Å². The lowest BCUT2D eigenvalue weighted by molar-refractivity contribution is -0.0581. The second kappa shape index (κ2) is 17.8. The van der Waals surface area contributed by atoms with Crippen molar-refractivity contribution < 1.29 is 28.6 Å². The number of rotatable bonds is 9. The molecule has 3 N–H and O–H groups in total. The maximum atomic E-state index is 12.9. The highest BCUT2D eigenvalue weighted by molar-refractivity contribution is 6.01. The molecule has 3 amide bonds. The van der Waals surface area contributed by atoms with Crippen molar-refractivity contribution >= 4 is 36.6 Å². The number of carbonyl (C=O) groups is 3. The Bertz CT molecular complexity index is 1270. The van der Waals surface area contributed by atoms with Gasteiger partial charge in [0, 0.05) is 13.0 Å². The Morgan fingerprint density at radius 2 is 1.50 bits per heavy atom. The first-order chi connectivity index (χ1) is 23.7. The molecule has 0 aromatic carbocycles. The minimum absolute atomic E-state index is 0. The lowest BCUT2D eigenvalue weighted by Crippen LogP contribution is -2.51. The van der Waals surface area contributed by atoms with Crippen molar-refractivity contribution in [2.45, 2.75) is 164 Å². The molecule has 8 atom stereocenters. The van der Waals surface area contributed by atoms with Crippen molar-refractivity contribution in [1.29, 1.82) is 0 Å². The summed E-state index contributed by atoms with van der Waals surface area (Å²) in [6, 6.07) is 0. The predicted molar refractivity (Wildman–Crippen MR) is 210 cm³/mol. The van der Waals surface area contributed by atoms with Gasteiger partial charge in [-0.25, -0.2) is 14.4 Å². The highest BCUT2D eigenvalue weighted by Gasteiger charge is 2.59. The number of guanidine groups is 1. The quantitative estimate of drug-likeness (QED) is 0.0708. The Kier molecular flexibility index (Phi) is 15.0. The van der Waals surface area contributed by atoms with Crippen LogP contribution in [0.3, 0.4) is 0 Å². The van der Waals surface area contributed by atoms with Gasteiger partial charge in [-0.1, -0.05) is 65.5 Å². The number of halogens is 1. The normalized spacial score (nSPS) is 30.2. The van der Waals surface area contributed by atoms with Crippen molar-refractivity contribution in [2.24, 2.45) is 51.3 Å². The van der Waals surface area contributed by atoms with Gasteiger partial charge in [0.1, 0.15) is 17.3 Å². The number of allylic oxidation sites excluding steroid dienone is 1. The molecule has 0 aromatic heterocycles. The molecule has 298 valence electrons. The monoisotopic (exact) mass is 751 g/mol. The highest BCUT2D eigenvalue weighted by atomic mass is 35.5. The third-order valence-electron chi connectivity index (χ3n) is 12.4. The third kappa shape index (κ3) is 11.5. The lowest BCUT2D eigenvalue weighted by Gasteiger charge is -2.58. The second-order valence-corrected chi connectivity index (χ2v) is 19.0. The summed E-state index contributed by atoms with van der Waals surface area (Å²) in [5.41, 5.74) is 0.682. The minimum Gasteiger partial charge on any atom is -0.446 e. The number of aliphatic imine (C=N–C) groups is 1. The maximum absolute atomic E-state index is 12.9. The van der Waals surface area contributed by atoms with E-state index in [1.165, 1.54) is 50.5 Å². The summed E-state index contributed by atoms with van der Waals surface area (Å²) >= 11 is 0. The van der Waals surface area contributed by atoms with Gasteiger partial charge in [-0.05, 0) is 133 Å². The number of hydrogen-bond acceptors (Lipinski definition) is 7. The summed E-state index contributed by atoms with van der Waals surface area (Å²) < 4.78 is 16.5. The number of hydrogen-bond donors (Lipinski definition) is 3. The van der Waals surface area contributed by atoms with Crippen molar-refractivity contribution in [3.63, 3.8) is 0 Å². The molecule has 0 aliphatic heterocycles. The molecule has 52 heavy (non-hydrogen) atoms. The SMILES string of the molecule is CC(C)CCC[C@@H](C)[C@H]1CC[C@H]2[C@@H]3CC=C4C[C@@H](OC(=O)NCCN=C(NC(=O)OC(C)(C)C)NC(=O)OC(C)(C)C)CC[C@]4(C)[C@H]3CC[C@]12C.Cl. The molecule has 11 heteroatoms. The van der Waals surface area contributed by atoms with Crippen molar-refractivity contribution in [1.82, 2.24) is 16.0 Å². The molecule has 0 aromatic rings. The molecular formula is C41H71ClN4O6. The van der Waals surface area contributed by atoms with Gasteiger partial charge in [0.2, 0.25) is 5.96 Å². The Labute approximate surface area is 320 Å². The van der Waals surface area contributed by atoms with Gasteiger partial charge < -0.3 is 19.5 Å². The Balaban J connectivity index is 0.00000729. The molecule has 10 nitrogen and oxygen atoms in total. The van der Waals surface area contributed by atoms with E-state index >= 15 is 0 Å². The van der Waals surface area contributed by atoms with E-state index in [2.05, 4.69) is 61.6 Å². The molecule has 0 radical (unpaired) electrons. The average Bonchev–Trinajstić information content (AvgIpc) is 3.34. The van der Waals surface area contributed by atoms with Gasteiger partial charge >= 0.3 is 18.3 Å². The van der Waals surface area contributed by atoms with Gasteiger partial charge in [0.05, 0.1) is 6.54 Å². The van der Waals surface area contributed by atoms with Gasteiger partial charge in [-0.3, -0.25) is 15.6 Å². The van der Waals surface area contributed by atoms with Gasteiger partial charge in [-0.2, -0.15) is 0 Å². The van der Waals surface area contributed by atoms with Crippen LogP contribution in [0.15, 0.2) is 16.6 Å². The van der Waals surface area contributed by atoms with Crippen LogP contribution in [-0.2, 0) is 14.2 Å². The molecular weight excluding hydrogens is 680 g/mol. The van der Waals surface area contributed by atoms with Gasteiger partial charge in [0.15, 0.2) is 0 Å². The summed E-state index contributed by atoms with van der Waals surface area (Å²) in [5, 5.41) is 7.68. The van der Waals surface area contributed by atoms with E-state index in [0.717, 1.165) is 61.2 Å². The summed E-state index contributed by atoms with van der Waals surface area (Å²) in [6.07, 6.45) is 13.8. The number of fused-ring (bicyclic) bond motifs is 5. The van der Waals surface area contributed by atoms with E-state index in [4.69, 9.17) is 14.2 Å². The van der Waals surface area contributed by atoms with Crippen LogP contribution in [0.25, 0.3) is 0 Å². The Morgan fingerprint density at radius 1 is 0.865 bits per heavy atom. The van der Waals surface area contributed by atoms with E-state index in [1.807, 2.05) is 0 Å². The topological polar surface area (TPSA) is 127 Å². The van der Waals surface area contributed by atoms with E-state index in [-0.39, 0.29) is 43.0 Å². The minimum atomic E-state index is -0.769. The number of alkyl carbamates (subject to hydrolysis) is 3. The fraction of sp³-hybridized carbons (Fsp3) is 0.854. The first kappa shape index (κ1) is 43.9. The summed E-state index contributed by atoms with van der Waals surface area (Å²) in [4.78, 5) is 41.8. The van der Waals surface area contributed by atoms with Gasteiger partial charge in [-0.15, -0.1) is 12.4 Å². The van der Waals surface area contributed by atoms with Crippen LogP contribution in [0.1, 0.15) is 147 Å². The zero-order valence-corrected chi connectivity index (χ0v) is 34.9. The molecule has 0 saturated heterocycles. The van der Waals surface area contributed by atoms with Crippen LogP contribution in [0, 0.1) is 46.3 Å². The molecule has 4 rings (SSSR count). The molecule has 0 unspecified atom stereocenters. The van der Waals surface area contributed by atoms with Crippen LogP contribution < -0.4 is 16.0 Å². The summed E-state index contributed by atoms with van der Waals surface area (Å²) in [5.74, 6) is 4.65. The smallest absolute Gasteiger partial charge is 0.414 e. The molecule has 4 aliphatic carbocycles. The first-order valence-corrected chi connectivity index (χ1v) is 19.9. The largest absolute Gasteiger partial charge is 0.446 e. The summed E-state index contributed by atoms with van der Waals surface area (Å²) in [7, 11) is 0. The Hall–Kier alpha value is -2.49. The molecule has 0 bridgehead atoms. The van der Waals surface area contributed by atoms with Crippen LogP contribution in [-0.4, -0.2) is 54.6 Å².